The highest BCUT2D eigenvalue weighted by atomic mass is 32.1. The Bertz CT molecular complexity index is 3410. The van der Waals surface area contributed by atoms with E-state index < -0.39 is 0 Å². The molecule has 0 N–H and O–H groups in total. The summed E-state index contributed by atoms with van der Waals surface area (Å²) in [6.07, 6.45) is 10.6. The number of nitriles is 2. The van der Waals surface area contributed by atoms with Crippen LogP contribution in [0.2, 0.25) is 0 Å². The molecule has 0 amide bonds. The second-order valence-corrected chi connectivity index (χ2v) is 20.6. The maximum absolute atomic E-state index is 10.0. The fraction of sp³-hybridized carbons (Fsp3) is 0. The second-order valence-electron chi connectivity index (χ2n) is 15.3. The molecule has 10 heteroatoms. The number of rotatable bonds is 11. The van der Waals surface area contributed by atoms with Gasteiger partial charge in [-0.1, -0.05) is 72.8 Å². The molecule has 0 atom stereocenters. The Kier molecular flexibility index (Phi) is 12.7. The van der Waals surface area contributed by atoms with E-state index in [-0.39, 0.29) is 11.4 Å². The van der Waals surface area contributed by atoms with E-state index in [0.29, 0.717) is 27.8 Å². The van der Waals surface area contributed by atoms with E-state index in [2.05, 4.69) is 189 Å². The number of hydrogen-bond donors (Lipinski definition) is 0. The molecule has 0 saturated heterocycles. The Labute approximate surface area is 414 Å². The second kappa shape index (κ2) is 19.7. The summed E-state index contributed by atoms with van der Waals surface area (Å²) in [5, 5.41) is 24.2. The predicted octanol–water partition coefficient (Wildman–Crippen LogP) is 18.2. The van der Waals surface area contributed by atoms with Crippen molar-refractivity contribution in [3.05, 3.63) is 244 Å². The predicted molar refractivity (Wildman–Crippen MR) is 290 cm³/mol. The molecule has 5 heterocycles. The molecule has 5 nitrogen and oxygen atoms in total. The quantitative estimate of drug-likeness (QED) is 0.0958. The number of allylic oxidation sites excluding steroid dienone is 5. The summed E-state index contributed by atoms with van der Waals surface area (Å²) < 4.78 is 0. The first kappa shape index (κ1) is 43.7. The van der Waals surface area contributed by atoms with Crippen molar-refractivity contribution >= 4 is 115 Å². The zero-order valence-corrected chi connectivity index (χ0v) is 39.9. The molecule has 0 radical (unpaired) electrons. The molecular weight excluding hydrogens is 927 g/mol. The van der Waals surface area contributed by atoms with Gasteiger partial charge in [0.15, 0.2) is 0 Å². The fourth-order valence-electron chi connectivity index (χ4n) is 8.06. The topological polar surface area (TPSA) is 59.5 Å². The van der Waals surface area contributed by atoms with Crippen molar-refractivity contribution < 1.29 is 0 Å². The smallest absolute Gasteiger partial charge is 0.270 e. The summed E-state index contributed by atoms with van der Waals surface area (Å²) in [6, 6.07) is 58.7. The van der Waals surface area contributed by atoms with Gasteiger partial charge < -0.3 is 4.90 Å². The lowest BCUT2D eigenvalue weighted by atomic mass is 9.99. The highest BCUT2D eigenvalue weighted by molar-refractivity contribution is 7.17. The van der Waals surface area contributed by atoms with Gasteiger partial charge >= 0.3 is 0 Å². The number of nitrogens with zero attached hydrogens (tertiary/aromatic N) is 5. The van der Waals surface area contributed by atoms with Crippen molar-refractivity contribution in [3.63, 3.8) is 0 Å². The Balaban J connectivity index is 0.967. The average Bonchev–Trinajstić information content (AvgIpc) is 4.26. The normalized spacial score (nSPS) is 13.4. The first-order valence-corrected chi connectivity index (χ1v) is 25.4. The highest BCUT2D eigenvalue weighted by Gasteiger charge is 2.31. The summed E-state index contributed by atoms with van der Waals surface area (Å²) in [5.74, 6) is 0. The van der Waals surface area contributed by atoms with Crippen LogP contribution in [0.25, 0.3) is 82.5 Å². The minimum atomic E-state index is -0.0840. The molecule has 68 heavy (non-hydrogen) atoms. The van der Waals surface area contributed by atoms with Crippen LogP contribution < -0.4 is 4.90 Å². The monoisotopic (exact) mass is 959 g/mol. The maximum Gasteiger partial charge on any atom is 0.270 e. The van der Waals surface area contributed by atoms with E-state index in [4.69, 9.17) is 13.1 Å². The first-order chi connectivity index (χ1) is 33.5. The molecule has 0 aliphatic heterocycles. The van der Waals surface area contributed by atoms with Crippen molar-refractivity contribution in [2.75, 3.05) is 4.90 Å². The lowest BCUT2D eigenvalue weighted by Crippen LogP contribution is -2.09. The fourth-order valence-corrected chi connectivity index (χ4v) is 12.1. The molecule has 5 aromatic heterocycles. The molecule has 1 aliphatic carbocycles. The lowest BCUT2D eigenvalue weighted by molar-refractivity contribution is 1.28. The summed E-state index contributed by atoms with van der Waals surface area (Å²) in [6.45, 7) is 15.6. The number of thiophene rings is 5. The van der Waals surface area contributed by atoms with Crippen LogP contribution in [0.3, 0.4) is 0 Å². The van der Waals surface area contributed by atoms with E-state index in [1.54, 1.807) is 56.7 Å². The molecule has 320 valence electrons. The number of fused-ring (bicyclic) bond motifs is 1. The third-order valence-electron chi connectivity index (χ3n) is 11.2. The van der Waals surface area contributed by atoms with E-state index >= 15 is 0 Å². The van der Waals surface area contributed by atoms with Gasteiger partial charge in [-0.05, 0) is 159 Å². The van der Waals surface area contributed by atoms with Gasteiger partial charge in [-0.15, -0.1) is 56.7 Å². The Morgan fingerprint density at radius 2 is 0.824 bits per heavy atom. The Morgan fingerprint density at radius 1 is 0.441 bits per heavy atom. The largest absolute Gasteiger partial charge is 0.311 e. The van der Waals surface area contributed by atoms with Crippen LogP contribution >= 0.6 is 56.7 Å². The van der Waals surface area contributed by atoms with Crippen LogP contribution in [0.1, 0.15) is 35.5 Å². The third-order valence-corrected chi connectivity index (χ3v) is 16.2. The van der Waals surface area contributed by atoms with Gasteiger partial charge in [0.25, 0.3) is 11.4 Å². The SMILES string of the molecule is [C-]#[N+]C(C#N)=C1C(=Cc2ccc(-c3ccc(N(c4ccc(-c5ccc(C=Cc6cccs6)s5)cc4)c4ccc(-c5ccc(C=Cc6cccs6)s5)cc4)cc3)s2)C(=C(C#N)[N+]#[C-])c2ccccc21. The molecule has 0 spiro atoms. The van der Waals surface area contributed by atoms with Crippen molar-refractivity contribution in [3.8, 4) is 43.5 Å². The van der Waals surface area contributed by atoms with Crippen LogP contribution in [-0.4, -0.2) is 0 Å². The Morgan fingerprint density at radius 3 is 1.19 bits per heavy atom. The molecule has 0 fully saturated rings. The van der Waals surface area contributed by atoms with Gasteiger partial charge in [-0.25, -0.2) is 20.2 Å². The summed E-state index contributed by atoms with van der Waals surface area (Å²) in [4.78, 5) is 18.6. The van der Waals surface area contributed by atoms with Gasteiger partial charge in [0.1, 0.15) is 0 Å². The Hall–Kier alpha value is -8.16. The number of anilines is 3. The van der Waals surface area contributed by atoms with Gasteiger partial charge in [0.05, 0.1) is 25.3 Å². The molecule has 9 aromatic rings. The molecule has 10 rings (SSSR count). The van der Waals surface area contributed by atoms with E-state index in [0.717, 1.165) is 43.5 Å². The van der Waals surface area contributed by atoms with E-state index in [9.17, 15) is 10.5 Å². The zero-order chi connectivity index (χ0) is 46.4. The molecule has 1 aliphatic rings. The summed E-state index contributed by atoms with van der Waals surface area (Å²) in [7, 11) is 0. The molecule has 0 bridgehead atoms. The van der Waals surface area contributed by atoms with Crippen LogP contribution in [0.15, 0.2) is 185 Å². The first-order valence-electron chi connectivity index (χ1n) is 21.2. The van der Waals surface area contributed by atoms with Crippen molar-refractivity contribution in [1.29, 1.82) is 10.5 Å². The van der Waals surface area contributed by atoms with Crippen LogP contribution in [0, 0.1) is 35.8 Å². The highest BCUT2D eigenvalue weighted by Crippen LogP contribution is 2.50. The summed E-state index contributed by atoms with van der Waals surface area (Å²) in [5.41, 5.74) is 8.97. The van der Waals surface area contributed by atoms with Crippen LogP contribution in [-0.2, 0) is 0 Å². The molecular formula is C58H33N5S5. The maximum atomic E-state index is 10.0. The van der Waals surface area contributed by atoms with Crippen LogP contribution in [0.5, 0.6) is 0 Å². The third kappa shape index (κ3) is 9.03. The minimum Gasteiger partial charge on any atom is -0.311 e. The van der Waals surface area contributed by atoms with Gasteiger partial charge in [0, 0.05) is 67.2 Å². The zero-order valence-electron chi connectivity index (χ0n) is 35.8. The van der Waals surface area contributed by atoms with Gasteiger partial charge in [0.2, 0.25) is 0 Å². The number of hydrogen-bond acceptors (Lipinski definition) is 8. The standard InChI is InChI=1S/C58H33N5S5/c1-61-52(36-59)57-49-9-3-4-10-50(49)58(53(37-60)62-2)51(57)35-48-29-32-56(68-48)40-15-21-43(22-16-40)63(41-17-11-38(12-18-41)54-30-27-46(66-54)25-23-44-7-5-33-64-44)42-19-13-39(14-20-42)55-31-28-47(67-55)26-24-45-8-6-34-65-45/h3-35H. The van der Waals surface area contributed by atoms with E-state index in [1.807, 2.05) is 36.4 Å². The molecule has 0 unspecified atom stereocenters. The van der Waals surface area contributed by atoms with Gasteiger partial charge in [-0.2, -0.15) is 0 Å². The lowest BCUT2D eigenvalue weighted by Gasteiger charge is -2.26. The van der Waals surface area contributed by atoms with Gasteiger partial charge in [-0.3, -0.25) is 0 Å². The minimum absolute atomic E-state index is 0.0840. The van der Waals surface area contributed by atoms with Crippen molar-refractivity contribution in [1.82, 2.24) is 0 Å². The van der Waals surface area contributed by atoms with E-state index in [1.165, 1.54) is 29.3 Å². The summed E-state index contributed by atoms with van der Waals surface area (Å²) >= 11 is 8.58. The van der Waals surface area contributed by atoms with Crippen molar-refractivity contribution in [2.45, 2.75) is 0 Å². The van der Waals surface area contributed by atoms with Crippen molar-refractivity contribution in [2.24, 2.45) is 0 Å². The van der Waals surface area contributed by atoms with Crippen LogP contribution in [0.4, 0.5) is 17.1 Å². The molecule has 0 saturated carbocycles. The molecule has 4 aromatic carbocycles. The average molecular weight is 960 g/mol. The number of benzene rings is 4.